The van der Waals surface area contributed by atoms with Crippen LogP contribution in [0.1, 0.15) is 52.9 Å². The Kier molecular flexibility index (Phi) is 9.26. The summed E-state index contributed by atoms with van der Waals surface area (Å²) in [5, 5.41) is 0. The van der Waals surface area contributed by atoms with Crippen molar-refractivity contribution in [1.29, 1.82) is 0 Å². The highest BCUT2D eigenvalue weighted by molar-refractivity contribution is 5.19. The molecule has 0 aromatic carbocycles. The van der Waals surface area contributed by atoms with Crippen LogP contribution < -0.4 is 0 Å². The smallest absolute Gasteiger partial charge is 0.0259 e. The van der Waals surface area contributed by atoms with Crippen LogP contribution in [0.15, 0.2) is 36.5 Å². The standard InChI is InChI=1S/C15H26/c1-5-7-8-9-10-11-12-15(4)13-14(3)6-2/h9-12,14H,4-8,13H2,1-3H3/b10-9-,12-11-. The van der Waals surface area contributed by atoms with Crippen LogP contribution in [0.5, 0.6) is 0 Å². The number of hydrogen-bond donors (Lipinski definition) is 0. The monoisotopic (exact) mass is 206 g/mol. The Labute approximate surface area is 95.8 Å². The predicted molar refractivity (Wildman–Crippen MR) is 71.0 cm³/mol. The maximum atomic E-state index is 4.06. The van der Waals surface area contributed by atoms with Crippen LogP contribution >= 0.6 is 0 Å². The molecule has 0 aliphatic heterocycles. The summed E-state index contributed by atoms with van der Waals surface area (Å²) in [5.74, 6) is 0.756. The Hall–Kier alpha value is -0.780. The Morgan fingerprint density at radius 3 is 2.60 bits per heavy atom. The Morgan fingerprint density at radius 2 is 2.00 bits per heavy atom. The molecule has 0 nitrogen and oxygen atoms in total. The van der Waals surface area contributed by atoms with Gasteiger partial charge in [-0.2, -0.15) is 0 Å². The highest BCUT2D eigenvalue weighted by Crippen LogP contribution is 2.13. The van der Waals surface area contributed by atoms with Gasteiger partial charge in [-0.25, -0.2) is 0 Å². The Bertz CT molecular complexity index is 208. The van der Waals surface area contributed by atoms with E-state index in [9.17, 15) is 0 Å². The molecule has 0 N–H and O–H groups in total. The van der Waals surface area contributed by atoms with Crippen LogP contribution in [-0.4, -0.2) is 0 Å². The van der Waals surface area contributed by atoms with Crippen molar-refractivity contribution in [3.8, 4) is 0 Å². The van der Waals surface area contributed by atoms with E-state index >= 15 is 0 Å². The van der Waals surface area contributed by atoms with E-state index in [1.807, 2.05) is 0 Å². The van der Waals surface area contributed by atoms with Gasteiger partial charge in [-0.1, -0.05) is 76.5 Å². The fourth-order valence-electron chi connectivity index (χ4n) is 1.35. The summed E-state index contributed by atoms with van der Waals surface area (Å²) < 4.78 is 0. The minimum absolute atomic E-state index is 0.756. The van der Waals surface area contributed by atoms with E-state index in [4.69, 9.17) is 0 Å². The third-order valence-corrected chi connectivity index (χ3v) is 2.61. The second-order valence-electron chi connectivity index (χ2n) is 4.31. The van der Waals surface area contributed by atoms with Crippen LogP contribution in [0.3, 0.4) is 0 Å². The average molecular weight is 206 g/mol. The molecule has 0 radical (unpaired) electrons. The molecular weight excluding hydrogens is 180 g/mol. The molecular formula is C15H26. The van der Waals surface area contributed by atoms with E-state index in [2.05, 4.69) is 51.7 Å². The van der Waals surface area contributed by atoms with Crippen LogP contribution in [0.4, 0.5) is 0 Å². The molecule has 0 aromatic rings. The normalized spacial score (nSPS) is 13.8. The van der Waals surface area contributed by atoms with E-state index in [1.165, 1.54) is 31.3 Å². The van der Waals surface area contributed by atoms with Crippen LogP contribution in [-0.2, 0) is 0 Å². The molecule has 0 fully saturated rings. The average Bonchev–Trinajstić information content (AvgIpc) is 2.23. The van der Waals surface area contributed by atoms with Crippen molar-refractivity contribution in [1.82, 2.24) is 0 Å². The largest absolute Gasteiger partial charge is 0.0958 e. The predicted octanol–water partition coefficient (Wildman–Crippen LogP) is 5.28. The van der Waals surface area contributed by atoms with Crippen molar-refractivity contribution >= 4 is 0 Å². The molecule has 0 aliphatic rings. The van der Waals surface area contributed by atoms with Crippen LogP contribution in [0, 0.1) is 5.92 Å². The lowest BCUT2D eigenvalue weighted by atomic mass is 10.00. The number of allylic oxidation sites excluding steroid dienone is 5. The summed E-state index contributed by atoms with van der Waals surface area (Å²) in [7, 11) is 0. The summed E-state index contributed by atoms with van der Waals surface area (Å²) in [5.41, 5.74) is 1.24. The van der Waals surface area contributed by atoms with Gasteiger partial charge in [0.15, 0.2) is 0 Å². The van der Waals surface area contributed by atoms with Gasteiger partial charge in [0.05, 0.1) is 0 Å². The second kappa shape index (κ2) is 9.76. The quantitative estimate of drug-likeness (QED) is 0.374. The fourth-order valence-corrected chi connectivity index (χ4v) is 1.35. The van der Waals surface area contributed by atoms with Crippen molar-refractivity contribution in [2.24, 2.45) is 5.92 Å². The molecule has 0 bridgehead atoms. The molecule has 0 heterocycles. The molecule has 0 aromatic heterocycles. The van der Waals surface area contributed by atoms with E-state index in [0.717, 1.165) is 12.3 Å². The maximum absolute atomic E-state index is 4.06. The summed E-state index contributed by atoms with van der Waals surface area (Å²) in [6.45, 7) is 10.8. The van der Waals surface area contributed by atoms with Gasteiger partial charge < -0.3 is 0 Å². The molecule has 0 spiro atoms. The van der Waals surface area contributed by atoms with Gasteiger partial charge in [0, 0.05) is 0 Å². The SMILES string of the molecule is C=C(/C=C\C=C/CCCC)CC(C)CC. The second-order valence-corrected chi connectivity index (χ2v) is 4.31. The summed E-state index contributed by atoms with van der Waals surface area (Å²) in [6, 6.07) is 0. The first-order valence-corrected chi connectivity index (χ1v) is 6.21. The third kappa shape index (κ3) is 9.52. The van der Waals surface area contributed by atoms with E-state index in [-0.39, 0.29) is 0 Å². The molecule has 86 valence electrons. The molecule has 0 saturated heterocycles. The van der Waals surface area contributed by atoms with Crippen molar-refractivity contribution in [3.63, 3.8) is 0 Å². The third-order valence-electron chi connectivity index (χ3n) is 2.61. The van der Waals surface area contributed by atoms with E-state index in [1.54, 1.807) is 0 Å². The molecule has 1 unspecified atom stereocenters. The van der Waals surface area contributed by atoms with Gasteiger partial charge in [0.2, 0.25) is 0 Å². The number of unbranched alkanes of at least 4 members (excludes halogenated alkanes) is 2. The number of hydrogen-bond acceptors (Lipinski definition) is 0. The molecule has 0 aliphatic carbocycles. The first-order chi connectivity index (χ1) is 7.20. The van der Waals surface area contributed by atoms with Gasteiger partial charge in [-0.3, -0.25) is 0 Å². The highest BCUT2D eigenvalue weighted by atomic mass is 14.0. The maximum Gasteiger partial charge on any atom is -0.0259 e. The van der Waals surface area contributed by atoms with E-state index < -0.39 is 0 Å². The highest BCUT2D eigenvalue weighted by Gasteiger charge is 1.98. The fraction of sp³-hybridized carbons (Fsp3) is 0.600. The Morgan fingerprint density at radius 1 is 1.27 bits per heavy atom. The summed E-state index contributed by atoms with van der Waals surface area (Å²) >= 11 is 0. The van der Waals surface area contributed by atoms with Gasteiger partial charge in [-0.15, -0.1) is 0 Å². The zero-order valence-electron chi connectivity index (χ0n) is 10.6. The Balaban J connectivity index is 3.66. The topological polar surface area (TPSA) is 0 Å². The van der Waals surface area contributed by atoms with Gasteiger partial charge in [-0.05, 0) is 18.8 Å². The lowest BCUT2D eigenvalue weighted by Gasteiger charge is -2.06. The molecule has 0 heteroatoms. The van der Waals surface area contributed by atoms with E-state index in [0.29, 0.717) is 0 Å². The van der Waals surface area contributed by atoms with Crippen molar-refractivity contribution in [3.05, 3.63) is 36.5 Å². The van der Waals surface area contributed by atoms with Crippen LogP contribution in [0.25, 0.3) is 0 Å². The molecule has 1 atom stereocenters. The van der Waals surface area contributed by atoms with Gasteiger partial charge in [0.25, 0.3) is 0 Å². The van der Waals surface area contributed by atoms with Gasteiger partial charge >= 0.3 is 0 Å². The van der Waals surface area contributed by atoms with Crippen molar-refractivity contribution in [2.75, 3.05) is 0 Å². The molecule has 0 amide bonds. The lowest BCUT2D eigenvalue weighted by molar-refractivity contribution is 0.563. The molecule has 15 heavy (non-hydrogen) atoms. The zero-order valence-corrected chi connectivity index (χ0v) is 10.6. The minimum atomic E-state index is 0.756. The van der Waals surface area contributed by atoms with Crippen molar-refractivity contribution in [2.45, 2.75) is 52.9 Å². The van der Waals surface area contributed by atoms with Crippen molar-refractivity contribution < 1.29 is 0 Å². The first-order valence-electron chi connectivity index (χ1n) is 6.21. The molecule has 0 rings (SSSR count). The summed E-state index contributed by atoms with van der Waals surface area (Å²) in [4.78, 5) is 0. The minimum Gasteiger partial charge on any atom is -0.0958 e. The summed E-state index contributed by atoms with van der Waals surface area (Å²) in [6.07, 6.45) is 14.7. The molecule has 0 saturated carbocycles. The first kappa shape index (κ1) is 14.2. The lowest BCUT2D eigenvalue weighted by Crippen LogP contribution is -1.91. The van der Waals surface area contributed by atoms with Gasteiger partial charge in [0.1, 0.15) is 0 Å². The van der Waals surface area contributed by atoms with Crippen LogP contribution in [0.2, 0.25) is 0 Å². The number of rotatable bonds is 8. The zero-order chi connectivity index (χ0) is 11.5.